The highest BCUT2D eigenvalue weighted by molar-refractivity contribution is 5.79. The van der Waals surface area contributed by atoms with Crippen molar-refractivity contribution in [2.24, 2.45) is 13.0 Å². The Morgan fingerprint density at radius 2 is 1.93 bits per heavy atom. The zero-order valence-electron chi connectivity index (χ0n) is 18.1. The minimum absolute atomic E-state index is 0.178. The second kappa shape index (κ2) is 7.42. The fourth-order valence-electron chi connectivity index (χ4n) is 4.42. The molecule has 0 radical (unpaired) electrons. The van der Waals surface area contributed by atoms with Gasteiger partial charge in [-0.2, -0.15) is 5.10 Å². The van der Waals surface area contributed by atoms with Gasteiger partial charge in [0.1, 0.15) is 5.69 Å². The van der Waals surface area contributed by atoms with Crippen molar-refractivity contribution >= 4 is 5.91 Å². The molecule has 1 amide bonds. The van der Waals surface area contributed by atoms with Gasteiger partial charge in [0.25, 0.3) is 0 Å². The number of aryl methyl sites for hydroxylation is 3. The van der Waals surface area contributed by atoms with Crippen molar-refractivity contribution in [3.63, 3.8) is 0 Å². The second-order valence-corrected chi connectivity index (χ2v) is 8.90. The summed E-state index contributed by atoms with van der Waals surface area (Å²) in [7, 11) is 2.01. The maximum absolute atomic E-state index is 13.0. The Kier molecular flexibility index (Phi) is 4.72. The molecule has 1 aliphatic heterocycles. The molecule has 2 aromatic heterocycles. The molecule has 1 aromatic carbocycles. The second-order valence-electron chi connectivity index (χ2n) is 8.90. The molecule has 0 saturated heterocycles. The zero-order chi connectivity index (χ0) is 20.8. The first-order chi connectivity index (χ1) is 14.5. The third kappa shape index (κ3) is 3.55. The third-order valence-corrected chi connectivity index (χ3v) is 6.48. The standard InChI is InChI=1S/C24H29N5O/c1-16-4-6-18(7-5-16)12-22(30)28-11-10-21-20(15-28)23(26-27(21)3)24-25-13-17(2)29(24)14-19-8-9-19/h4-7,13,19H,8-12,14-15H2,1-3H3. The number of carbonyl (C=O) groups is 1. The van der Waals surface area contributed by atoms with Gasteiger partial charge in [-0.25, -0.2) is 4.98 Å². The van der Waals surface area contributed by atoms with Crippen LogP contribution in [0.15, 0.2) is 30.5 Å². The van der Waals surface area contributed by atoms with Gasteiger partial charge in [-0.1, -0.05) is 29.8 Å². The van der Waals surface area contributed by atoms with Crippen LogP contribution in [0.1, 0.15) is 40.9 Å². The molecule has 5 rings (SSSR count). The number of hydrogen-bond acceptors (Lipinski definition) is 3. The highest BCUT2D eigenvalue weighted by atomic mass is 16.2. The Balaban J connectivity index is 1.41. The van der Waals surface area contributed by atoms with E-state index in [1.807, 2.05) is 22.8 Å². The van der Waals surface area contributed by atoms with Crippen LogP contribution >= 0.6 is 0 Å². The topological polar surface area (TPSA) is 56.0 Å². The van der Waals surface area contributed by atoms with Crippen molar-refractivity contribution in [1.82, 2.24) is 24.2 Å². The van der Waals surface area contributed by atoms with Gasteiger partial charge in [-0.3, -0.25) is 9.48 Å². The van der Waals surface area contributed by atoms with E-state index < -0.39 is 0 Å². The summed E-state index contributed by atoms with van der Waals surface area (Å²) in [5, 5.41) is 4.85. The fraction of sp³-hybridized carbons (Fsp3) is 0.458. The molecule has 3 heterocycles. The zero-order valence-corrected chi connectivity index (χ0v) is 18.1. The van der Waals surface area contributed by atoms with E-state index in [1.165, 1.54) is 29.8 Å². The van der Waals surface area contributed by atoms with E-state index in [-0.39, 0.29) is 5.91 Å². The average Bonchev–Trinajstić information content (AvgIpc) is 3.41. The van der Waals surface area contributed by atoms with Crippen molar-refractivity contribution in [1.29, 1.82) is 0 Å². The van der Waals surface area contributed by atoms with Crippen molar-refractivity contribution < 1.29 is 4.79 Å². The number of amides is 1. The SMILES string of the molecule is Cc1ccc(CC(=O)N2CCc3c(c(-c4ncc(C)n4CC4CC4)nn3C)C2)cc1. The number of nitrogens with zero attached hydrogens (tertiary/aromatic N) is 5. The molecule has 3 aromatic rings. The lowest BCUT2D eigenvalue weighted by molar-refractivity contribution is -0.131. The number of hydrogen-bond donors (Lipinski definition) is 0. The summed E-state index contributed by atoms with van der Waals surface area (Å²) in [6, 6.07) is 8.24. The lowest BCUT2D eigenvalue weighted by Crippen LogP contribution is -2.37. The summed E-state index contributed by atoms with van der Waals surface area (Å²) in [4.78, 5) is 19.7. The van der Waals surface area contributed by atoms with Crippen molar-refractivity contribution in [2.45, 2.75) is 52.6 Å². The number of carbonyl (C=O) groups excluding carboxylic acids is 1. The summed E-state index contributed by atoms with van der Waals surface area (Å²) in [6.45, 7) is 6.55. The molecule has 2 aliphatic rings. The quantitative estimate of drug-likeness (QED) is 0.656. The summed E-state index contributed by atoms with van der Waals surface area (Å²) < 4.78 is 4.30. The Labute approximate surface area is 177 Å². The van der Waals surface area contributed by atoms with Gasteiger partial charge >= 0.3 is 0 Å². The molecule has 0 unspecified atom stereocenters. The van der Waals surface area contributed by atoms with Crippen LogP contribution in [-0.4, -0.2) is 36.7 Å². The smallest absolute Gasteiger partial charge is 0.227 e. The minimum atomic E-state index is 0.178. The van der Waals surface area contributed by atoms with Gasteiger partial charge in [-0.15, -0.1) is 0 Å². The molecule has 1 fully saturated rings. The van der Waals surface area contributed by atoms with E-state index in [4.69, 9.17) is 10.1 Å². The van der Waals surface area contributed by atoms with E-state index in [1.54, 1.807) is 0 Å². The van der Waals surface area contributed by atoms with Crippen LogP contribution in [-0.2, 0) is 37.8 Å². The van der Waals surface area contributed by atoms with E-state index in [2.05, 4.69) is 42.7 Å². The van der Waals surface area contributed by atoms with Crippen molar-refractivity contribution in [3.8, 4) is 11.5 Å². The molecule has 6 nitrogen and oxygen atoms in total. The lowest BCUT2D eigenvalue weighted by atomic mass is 10.0. The monoisotopic (exact) mass is 403 g/mol. The Morgan fingerprint density at radius 1 is 1.17 bits per heavy atom. The van der Waals surface area contributed by atoms with Gasteiger partial charge in [0.15, 0.2) is 5.82 Å². The van der Waals surface area contributed by atoms with Gasteiger partial charge in [-0.05, 0) is 38.2 Å². The summed E-state index contributed by atoms with van der Waals surface area (Å²) in [6.07, 6.45) is 5.83. The molecule has 0 spiro atoms. The molecule has 1 saturated carbocycles. The molecule has 6 heteroatoms. The first kappa shape index (κ1) is 19.1. The predicted molar refractivity (Wildman–Crippen MR) is 116 cm³/mol. The lowest BCUT2D eigenvalue weighted by Gasteiger charge is -2.28. The van der Waals surface area contributed by atoms with Crippen LogP contribution in [0.4, 0.5) is 0 Å². The molecule has 0 atom stereocenters. The number of aromatic nitrogens is 4. The number of fused-ring (bicyclic) bond motifs is 1. The van der Waals surface area contributed by atoms with E-state index >= 15 is 0 Å². The van der Waals surface area contributed by atoms with Gasteiger partial charge in [0.05, 0.1) is 6.42 Å². The van der Waals surface area contributed by atoms with Gasteiger partial charge in [0, 0.05) is 56.3 Å². The van der Waals surface area contributed by atoms with E-state index in [0.29, 0.717) is 13.0 Å². The summed E-state index contributed by atoms with van der Waals surface area (Å²) in [5.41, 5.74) is 6.78. The molecule has 0 N–H and O–H groups in total. The normalized spacial score (nSPS) is 16.0. The molecule has 0 bridgehead atoms. The first-order valence-electron chi connectivity index (χ1n) is 10.9. The molecule has 1 aliphatic carbocycles. The van der Waals surface area contributed by atoms with Crippen LogP contribution in [0.25, 0.3) is 11.5 Å². The molecule has 156 valence electrons. The van der Waals surface area contributed by atoms with E-state index in [9.17, 15) is 4.79 Å². The highest BCUT2D eigenvalue weighted by Crippen LogP contribution is 2.35. The third-order valence-electron chi connectivity index (χ3n) is 6.48. The van der Waals surface area contributed by atoms with Gasteiger partial charge < -0.3 is 9.47 Å². The number of benzene rings is 1. The van der Waals surface area contributed by atoms with Crippen LogP contribution in [0, 0.1) is 19.8 Å². The maximum Gasteiger partial charge on any atom is 0.227 e. The highest BCUT2D eigenvalue weighted by Gasteiger charge is 2.30. The molecule has 30 heavy (non-hydrogen) atoms. The predicted octanol–water partition coefficient (Wildman–Crippen LogP) is 3.44. The minimum Gasteiger partial charge on any atom is -0.338 e. The fourth-order valence-corrected chi connectivity index (χ4v) is 4.42. The maximum atomic E-state index is 13.0. The summed E-state index contributed by atoms with van der Waals surface area (Å²) in [5.74, 6) is 1.89. The van der Waals surface area contributed by atoms with Crippen LogP contribution in [0.3, 0.4) is 0 Å². The number of rotatable bonds is 5. The van der Waals surface area contributed by atoms with E-state index in [0.717, 1.165) is 48.1 Å². The number of imidazole rings is 1. The van der Waals surface area contributed by atoms with Gasteiger partial charge in [0.2, 0.25) is 5.91 Å². The Hall–Kier alpha value is -2.89. The largest absolute Gasteiger partial charge is 0.338 e. The average molecular weight is 404 g/mol. The van der Waals surface area contributed by atoms with Crippen LogP contribution < -0.4 is 0 Å². The Bertz CT molecular complexity index is 1090. The van der Waals surface area contributed by atoms with Crippen LogP contribution in [0.5, 0.6) is 0 Å². The molecular weight excluding hydrogens is 374 g/mol. The molecular formula is C24H29N5O. The summed E-state index contributed by atoms with van der Waals surface area (Å²) >= 11 is 0. The van der Waals surface area contributed by atoms with Crippen molar-refractivity contribution in [2.75, 3.05) is 6.54 Å². The first-order valence-corrected chi connectivity index (χ1v) is 10.9. The Morgan fingerprint density at radius 3 is 2.67 bits per heavy atom. The van der Waals surface area contributed by atoms with Crippen LogP contribution in [0.2, 0.25) is 0 Å². The van der Waals surface area contributed by atoms with Crippen molar-refractivity contribution in [3.05, 3.63) is 58.5 Å².